The summed E-state index contributed by atoms with van der Waals surface area (Å²) in [6.45, 7) is 0.530. The Kier molecular flexibility index (Phi) is 4.74. The Labute approximate surface area is 162 Å². The molecule has 0 aromatic heterocycles. The van der Waals surface area contributed by atoms with E-state index in [2.05, 4.69) is 0 Å². The van der Waals surface area contributed by atoms with Crippen molar-refractivity contribution in [2.45, 2.75) is 69.2 Å². The number of hydrogen-bond acceptors (Lipinski definition) is 3. The second-order valence-electron chi connectivity index (χ2n) is 8.75. The van der Waals surface area contributed by atoms with Crippen LogP contribution in [0.25, 0.3) is 0 Å². The van der Waals surface area contributed by atoms with Crippen LogP contribution in [0, 0.1) is 11.3 Å². The zero-order chi connectivity index (χ0) is 20.2. The maximum atomic E-state index is 13.1. The van der Waals surface area contributed by atoms with Crippen molar-refractivity contribution in [3.8, 4) is 0 Å². The SMILES string of the molecule is O=C1N(c2ccc([C@@H](O)C(F)(F)F)cc2)CCC12CCC(O)(C1CCC1)CC2. The first-order chi connectivity index (χ1) is 13.1. The van der Waals surface area contributed by atoms with Crippen LogP contribution >= 0.6 is 0 Å². The van der Waals surface area contributed by atoms with Crippen LogP contribution in [0.3, 0.4) is 0 Å². The fourth-order valence-electron chi connectivity index (χ4n) is 5.07. The fourth-order valence-corrected chi connectivity index (χ4v) is 5.07. The van der Waals surface area contributed by atoms with Crippen LogP contribution in [-0.4, -0.2) is 34.4 Å². The summed E-state index contributed by atoms with van der Waals surface area (Å²) < 4.78 is 38.0. The molecule has 1 aromatic carbocycles. The van der Waals surface area contributed by atoms with Gasteiger partial charge >= 0.3 is 6.18 Å². The van der Waals surface area contributed by atoms with Gasteiger partial charge in [0.05, 0.1) is 11.0 Å². The van der Waals surface area contributed by atoms with Crippen molar-refractivity contribution in [3.63, 3.8) is 0 Å². The van der Waals surface area contributed by atoms with Gasteiger partial charge in [0.1, 0.15) is 0 Å². The lowest BCUT2D eigenvalue weighted by Gasteiger charge is -2.48. The number of benzene rings is 1. The molecular formula is C21H26F3NO3. The average Bonchev–Trinajstić information content (AvgIpc) is 2.92. The smallest absolute Gasteiger partial charge is 0.390 e. The highest BCUT2D eigenvalue weighted by Crippen LogP contribution is 2.53. The molecule has 3 aliphatic rings. The van der Waals surface area contributed by atoms with Gasteiger partial charge in [-0.1, -0.05) is 18.6 Å². The maximum absolute atomic E-state index is 13.1. The number of nitrogens with zero attached hydrogens (tertiary/aromatic N) is 1. The maximum Gasteiger partial charge on any atom is 0.418 e. The number of aliphatic hydroxyl groups excluding tert-OH is 1. The van der Waals surface area contributed by atoms with E-state index >= 15 is 0 Å². The number of anilines is 1. The molecule has 1 spiro atoms. The molecular weight excluding hydrogens is 371 g/mol. The van der Waals surface area contributed by atoms with Crippen LogP contribution in [0.15, 0.2) is 24.3 Å². The lowest BCUT2D eigenvalue weighted by atomic mass is 9.60. The number of alkyl halides is 3. The second-order valence-corrected chi connectivity index (χ2v) is 8.75. The number of rotatable bonds is 3. The molecule has 1 amide bonds. The molecule has 1 heterocycles. The van der Waals surface area contributed by atoms with E-state index < -0.39 is 23.3 Å². The van der Waals surface area contributed by atoms with E-state index in [1.807, 2.05) is 0 Å². The molecule has 4 rings (SSSR count). The Bertz CT molecular complexity index is 734. The van der Waals surface area contributed by atoms with Crippen LogP contribution < -0.4 is 4.90 Å². The van der Waals surface area contributed by atoms with E-state index in [0.29, 0.717) is 50.3 Å². The minimum Gasteiger partial charge on any atom is -0.390 e. The van der Waals surface area contributed by atoms with Crippen LogP contribution in [0.2, 0.25) is 0 Å². The highest BCUT2D eigenvalue weighted by molar-refractivity contribution is 6.00. The standard InChI is InChI=1S/C21H26F3NO3/c22-21(23,24)17(26)14-4-6-16(7-5-14)25-13-12-19(18(25)27)8-10-20(28,11-9-19)15-2-1-3-15/h4-7,15,17,26,28H,1-3,8-13H2/t17-,19?,20?/m1/s1. The van der Waals surface area contributed by atoms with Gasteiger partial charge in [0.25, 0.3) is 0 Å². The first-order valence-electron chi connectivity index (χ1n) is 10.0. The first kappa shape index (κ1) is 19.7. The van der Waals surface area contributed by atoms with Gasteiger partial charge in [-0.2, -0.15) is 13.2 Å². The molecule has 1 saturated heterocycles. The number of amides is 1. The van der Waals surface area contributed by atoms with E-state index in [1.165, 1.54) is 30.7 Å². The van der Waals surface area contributed by atoms with E-state index in [9.17, 15) is 28.2 Å². The van der Waals surface area contributed by atoms with Gasteiger partial charge in [-0.25, -0.2) is 0 Å². The zero-order valence-electron chi connectivity index (χ0n) is 15.7. The summed E-state index contributed by atoms with van der Waals surface area (Å²) in [6, 6.07) is 5.38. The Morgan fingerprint density at radius 2 is 1.64 bits per heavy atom. The minimum atomic E-state index is -4.71. The molecule has 4 nitrogen and oxygen atoms in total. The average molecular weight is 397 g/mol. The summed E-state index contributed by atoms with van der Waals surface area (Å²) in [5.41, 5.74) is -0.771. The van der Waals surface area contributed by atoms with Gasteiger partial charge in [-0.15, -0.1) is 0 Å². The summed E-state index contributed by atoms with van der Waals surface area (Å²) in [4.78, 5) is 14.8. The first-order valence-corrected chi connectivity index (χ1v) is 10.0. The summed E-state index contributed by atoms with van der Waals surface area (Å²) in [6.07, 6.45) is -0.593. The molecule has 7 heteroatoms. The van der Waals surface area contributed by atoms with Gasteiger partial charge in [0.15, 0.2) is 6.10 Å². The number of aliphatic hydroxyl groups is 2. The molecule has 2 N–H and O–H groups in total. The lowest BCUT2D eigenvalue weighted by molar-refractivity contribution is -0.206. The van der Waals surface area contributed by atoms with E-state index in [-0.39, 0.29) is 11.5 Å². The molecule has 0 radical (unpaired) electrons. The van der Waals surface area contributed by atoms with Crippen LogP contribution in [-0.2, 0) is 4.79 Å². The molecule has 154 valence electrons. The molecule has 2 saturated carbocycles. The Morgan fingerprint density at radius 3 is 2.14 bits per heavy atom. The molecule has 1 atom stereocenters. The van der Waals surface area contributed by atoms with Crippen molar-refractivity contribution in [1.82, 2.24) is 0 Å². The van der Waals surface area contributed by atoms with Crippen molar-refractivity contribution in [1.29, 1.82) is 0 Å². The number of carbonyl (C=O) groups excluding carboxylic acids is 1. The molecule has 0 bridgehead atoms. The Balaban J connectivity index is 1.45. The predicted octanol–water partition coefficient (Wildman–Crippen LogP) is 4.11. The summed E-state index contributed by atoms with van der Waals surface area (Å²) >= 11 is 0. The van der Waals surface area contributed by atoms with Gasteiger partial charge in [-0.3, -0.25) is 4.79 Å². The minimum absolute atomic E-state index is 0.00674. The quantitative estimate of drug-likeness (QED) is 0.807. The summed E-state index contributed by atoms with van der Waals surface area (Å²) in [5.74, 6) is 0.373. The number of halogens is 3. The number of hydrogen-bond donors (Lipinski definition) is 2. The normalized spacial score (nSPS) is 32.6. The third-order valence-electron chi connectivity index (χ3n) is 7.28. The van der Waals surface area contributed by atoms with E-state index in [1.54, 1.807) is 4.90 Å². The predicted molar refractivity (Wildman–Crippen MR) is 97.6 cm³/mol. The van der Waals surface area contributed by atoms with Crippen molar-refractivity contribution >= 4 is 11.6 Å². The zero-order valence-corrected chi connectivity index (χ0v) is 15.7. The summed E-state index contributed by atoms with van der Waals surface area (Å²) in [7, 11) is 0. The molecule has 28 heavy (non-hydrogen) atoms. The highest BCUT2D eigenvalue weighted by atomic mass is 19.4. The van der Waals surface area contributed by atoms with Crippen molar-refractivity contribution in [2.75, 3.05) is 11.4 Å². The lowest BCUT2D eigenvalue weighted by Crippen LogP contribution is -2.49. The van der Waals surface area contributed by atoms with E-state index in [4.69, 9.17) is 0 Å². The molecule has 3 fully saturated rings. The third kappa shape index (κ3) is 3.22. The monoisotopic (exact) mass is 397 g/mol. The van der Waals surface area contributed by atoms with Gasteiger partial charge < -0.3 is 15.1 Å². The van der Waals surface area contributed by atoms with Crippen LogP contribution in [0.4, 0.5) is 18.9 Å². The highest BCUT2D eigenvalue weighted by Gasteiger charge is 2.53. The van der Waals surface area contributed by atoms with Crippen LogP contribution in [0.5, 0.6) is 0 Å². The largest absolute Gasteiger partial charge is 0.418 e. The molecule has 1 aliphatic heterocycles. The topological polar surface area (TPSA) is 60.8 Å². The molecule has 0 unspecified atom stereocenters. The van der Waals surface area contributed by atoms with Crippen molar-refractivity contribution in [2.24, 2.45) is 11.3 Å². The molecule has 1 aromatic rings. The van der Waals surface area contributed by atoms with Gasteiger partial charge in [0, 0.05) is 12.2 Å². The Hall–Kier alpha value is -1.60. The summed E-state index contributed by atoms with van der Waals surface area (Å²) in [5, 5.41) is 20.3. The van der Waals surface area contributed by atoms with Crippen molar-refractivity contribution in [3.05, 3.63) is 29.8 Å². The van der Waals surface area contributed by atoms with Crippen molar-refractivity contribution < 1.29 is 28.2 Å². The van der Waals surface area contributed by atoms with Gasteiger partial charge in [0.2, 0.25) is 5.91 Å². The molecule has 2 aliphatic carbocycles. The fraction of sp³-hybridized carbons (Fsp3) is 0.667. The van der Waals surface area contributed by atoms with Gasteiger partial charge in [-0.05, 0) is 68.6 Å². The second kappa shape index (κ2) is 6.73. The third-order valence-corrected chi connectivity index (χ3v) is 7.28. The van der Waals surface area contributed by atoms with Crippen LogP contribution in [0.1, 0.15) is 63.0 Å². The van der Waals surface area contributed by atoms with E-state index in [0.717, 1.165) is 12.8 Å². The number of carbonyl (C=O) groups is 1. The Morgan fingerprint density at radius 1 is 1.04 bits per heavy atom.